The predicted octanol–water partition coefficient (Wildman–Crippen LogP) is 3.85. The largest absolute Gasteiger partial charge is 0.482 e. The third-order valence-corrected chi connectivity index (χ3v) is 3.42. The number of nitrogens with two attached hydrogens (primary N) is 1. The third kappa shape index (κ3) is 4.05. The lowest BCUT2D eigenvalue weighted by Crippen LogP contribution is -2.29. The summed E-state index contributed by atoms with van der Waals surface area (Å²) in [5.74, 6) is 0.829. The van der Waals surface area contributed by atoms with Crippen LogP contribution in [0.1, 0.15) is 45.1 Å². The van der Waals surface area contributed by atoms with E-state index in [1.807, 2.05) is 37.3 Å². The number of rotatable bonds is 4. The molecule has 0 amide bonds. The molecule has 0 fully saturated rings. The first kappa shape index (κ1) is 15.5. The highest BCUT2D eigenvalue weighted by Crippen LogP contribution is 2.28. The molecule has 2 unspecified atom stereocenters. The van der Waals surface area contributed by atoms with Crippen molar-refractivity contribution in [2.75, 3.05) is 0 Å². The van der Waals surface area contributed by atoms with Crippen molar-refractivity contribution in [3.63, 3.8) is 0 Å². The Morgan fingerprint density at radius 1 is 1.10 bits per heavy atom. The molecule has 112 valence electrons. The second kappa shape index (κ2) is 6.27. The topological polar surface area (TPSA) is 48.1 Å². The van der Waals surface area contributed by atoms with Gasteiger partial charge in [0.25, 0.3) is 0 Å². The third-order valence-electron chi connectivity index (χ3n) is 3.42. The van der Waals surface area contributed by atoms with Gasteiger partial charge in [0, 0.05) is 12.2 Å². The van der Waals surface area contributed by atoms with E-state index in [0.717, 1.165) is 11.4 Å². The Kier molecular flexibility index (Phi) is 4.63. The van der Waals surface area contributed by atoms with Crippen LogP contribution in [-0.2, 0) is 5.41 Å². The Morgan fingerprint density at radius 3 is 2.43 bits per heavy atom. The maximum absolute atomic E-state index is 6.11. The molecule has 0 saturated heterocycles. The highest BCUT2D eigenvalue weighted by Gasteiger charge is 2.20. The van der Waals surface area contributed by atoms with Crippen molar-refractivity contribution in [2.45, 2.75) is 45.3 Å². The molecular weight excluding hydrogens is 260 g/mol. The Bertz CT molecular complexity index is 573. The zero-order valence-electron chi connectivity index (χ0n) is 13.2. The zero-order chi connectivity index (χ0) is 15.5. The van der Waals surface area contributed by atoms with Gasteiger partial charge in [-0.05, 0) is 42.2 Å². The lowest BCUT2D eigenvalue weighted by Gasteiger charge is -2.24. The molecule has 0 aliphatic carbocycles. The van der Waals surface area contributed by atoms with Gasteiger partial charge in [-0.15, -0.1) is 0 Å². The molecule has 3 heteroatoms. The van der Waals surface area contributed by atoms with Gasteiger partial charge in [0.1, 0.15) is 5.75 Å². The van der Waals surface area contributed by atoms with Crippen molar-refractivity contribution < 1.29 is 4.74 Å². The van der Waals surface area contributed by atoms with Crippen molar-refractivity contribution >= 4 is 0 Å². The van der Waals surface area contributed by atoms with Crippen LogP contribution in [0.25, 0.3) is 0 Å². The molecule has 0 aliphatic rings. The summed E-state index contributed by atoms with van der Waals surface area (Å²) in [5.41, 5.74) is 8.26. The minimum atomic E-state index is -0.249. The minimum Gasteiger partial charge on any atom is -0.482 e. The molecule has 0 radical (unpaired) electrons. The first-order valence-electron chi connectivity index (χ1n) is 7.31. The maximum Gasteiger partial charge on any atom is 0.155 e. The van der Waals surface area contributed by atoms with Crippen LogP contribution in [0.3, 0.4) is 0 Å². The normalized spacial score (nSPS) is 14.5. The summed E-state index contributed by atoms with van der Waals surface area (Å²) in [4.78, 5) is 4.36. The van der Waals surface area contributed by atoms with Crippen LogP contribution in [0.4, 0.5) is 0 Å². The van der Waals surface area contributed by atoms with Gasteiger partial charge in [0.05, 0.1) is 5.69 Å². The van der Waals surface area contributed by atoms with E-state index < -0.39 is 0 Å². The van der Waals surface area contributed by atoms with Gasteiger partial charge in [-0.3, -0.25) is 4.98 Å². The van der Waals surface area contributed by atoms with E-state index in [2.05, 4.69) is 37.9 Å². The van der Waals surface area contributed by atoms with E-state index in [0.29, 0.717) is 0 Å². The van der Waals surface area contributed by atoms with E-state index in [1.165, 1.54) is 5.56 Å². The van der Waals surface area contributed by atoms with Crippen molar-refractivity contribution in [2.24, 2.45) is 5.73 Å². The highest BCUT2D eigenvalue weighted by molar-refractivity contribution is 5.33. The van der Waals surface area contributed by atoms with Crippen LogP contribution >= 0.6 is 0 Å². The van der Waals surface area contributed by atoms with Crippen LogP contribution in [0.15, 0.2) is 48.7 Å². The number of nitrogens with zero attached hydrogens (tertiary/aromatic N) is 1. The summed E-state index contributed by atoms with van der Waals surface area (Å²) in [7, 11) is 0. The summed E-state index contributed by atoms with van der Waals surface area (Å²) in [6.45, 7) is 8.50. The predicted molar refractivity (Wildman–Crippen MR) is 86.4 cm³/mol. The van der Waals surface area contributed by atoms with Gasteiger partial charge in [0.2, 0.25) is 0 Å². The molecule has 0 bridgehead atoms. The van der Waals surface area contributed by atoms with Crippen LogP contribution in [0.5, 0.6) is 5.75 Å². The summed E-state index contributed by atoms with van der Waals surface area (Å²) in [6, 6.07) is 13.8. The van der Waals surface area contributed by atoms with Crippen molar-refractivity contribution in [1.82, 2.24) is 4.98 Å². The second-order valence-electron chi connectivity index (χ2n) is 6.43. The van der Waals surface area contributed by atoms with Gasteiger partial charge in [-0.25, -0.2) is 0 Å². The Hall–Kier alpha value is -1.87. The maximum atomic E-state index is 6.11. The Balaban J connectivity index is 2.26. The van der Waals surface area contributed by atoms with Gasteiger partial charge >= 0.3 is 0 Å². The highest BCUT2D eigenvalue weighted by atomic mass is 16.5. The number of hydrogen-bond donors (Lipinski definition) is 1. The summed E-state index contributed by atoms with van der Waals surface area (Å²) in [6.07, 6.45) is 1.51. The van der Waals surface area contributed by atoms with Crippen LogP contribution in [-0.4, -0.2) is 11.0 Å². The van der Waals surface area contributed by atoms with E-state index in [-0.39, 0.29) is 17.6 Å². The molecule has 2 N–H and O–H groups in total. The molecule has 1 heterocycles. The van der Waals surface area contributed by atoms with Crippen LogP contribution < -0.4 is 10.5 Å². The summed E-state index contributed by atoms with van der Waals surface area (Å²) in [5, 5.41) is 0. The SMILES string of the molecule is CC(N)C(Oc1cccc(C(C)(C)C)c1)c1ccccn1. The van der Waals surface area contributed by atoms with Gasteiger partial charge in [-0.2, -0.15) is 0 Å². The number of ether oxygens (including phenoxy) is 1. The fourth-order valence-corrected chi connectivity index (χ4v) is 2.16. The first-order chi connectivity index (χ1) is 9.88. The van der Waals surface area contributed by atoms with E-state index in [4.69, 9.17) is 10.5 Å². The smallest absolute Gasteiger partial charge is 0.155 e. The first-order valence-corrected chi connectivity index (χ1v) is 7.31. The average molecular weight is 284 g/mol. The Morgan fingerprint density at radius 2 is 1.86 bits per heavy atom. The summed E-state index contributed by atoms with van der Waals surface area (Å²) >= 11 is 0. The monoisotopic (exact) mass is 284 g/mol. The molecular formula is C18H24N2O. The molecule has 1 aromatic heterocycles. The number of benzene rings is 1. The van der Waals surface area contributed by atoms with Crippen LogP contribution in [0.2, 0.25) is 0 Å². The fourth-order valence-electron chi connectivity index (χ4n) is 2.16. The van der Waals surface area contributed by atoms with E-state index >= 15 is 0 Å². The molecule has 2 atom stereocenters. The van der Waals surface area contributed by atoms with E-state index in [9.17, 15) is 0 Å². The molecule has 1 aromatic carbocycles. The molecule has 0 aliphatic heterocycles. The number of aromatic nitrogens is 1. The molecule has 2 rings (SSSR count). The summed E-state index contributed by atoms with van der Waals surface area (Å²) < 4.78 is 6.11. The van der Waals surface area contributed by atoms with E-state index in [1.54, 1.807) is 6.20 Å². The quantitative estimate of drug-likeness (QED) is 0.927. The van der Waals surface area contributed by atoms with Crippen LogP contribution in [0, 0.1) is 0 Å². The van der Waals surface area contributed by atoms with Crippen molar-refractivity contribution in [1.29, 1.82) is 0 Å². The molecule has 0 saturated carbocycles. The fraction of sp³-hybridized carbons (Fsp3) is 0.389. The molecule has 21 heavy (non-hydrogen) atoms. The molecule has 2 aromatic rings. The minimum absolute atomic E-state index is 0.0915. The lowest BCUT2D eigenvalue weighted by atomic mass is 9.87. The van der Waals surface area contributed by atoms with Crippen molar-refractivity contribution in [3.8, 4) is 5.75 Å². The zero-order valence-corrected chi connectivity index (χ0v) is 13.2. The molecule has 0 spiro atoms. The number of hydrogen-bond acceptors (Lipinski definition) is 3. The van der Waals surface area contributed by atoms with Crippen molar-refractivity contribution in [3.05, 3.63) is 59.9 Å². The number of pyridine rings is 1. The van der Waals surface area contributed by atoms with Gasteiger partial charge < -0.3 is 10.5 Å². The van der Waals surface area contributed by atoms with Gasteiger partial charge in [-0.1, -0.05) is 39.0 Å². The second-order valence-corrected chi connectivity index (χ2v) is 6.43. The van der Waals surface area contributed by atoms with Gasteiger partial charge in [0.15, 0.2) is 6.10 Å². The standard InChI is InChI=1S/C18H24N2O/c1-13(19)17(16-10-5-6-11-20-16)21-15-9-7-8-14(12-15)18(2,3)4/h5-13,17H,19H2,1-4H3. The lowest BCUT2D eigenvalue weighted by molar-refractivity contribution is 0.175. The Labute approximate surface area is 127 Å². The molecule has 3 nitrogen and oxygen atoms in total. The average Bonchev–Trinajstić information content (AvgIpc) is 2.45.